The molecule has 0 fully saturated rings. The van der Waals surface area contributed by atoms with E-state index in [0.29, 0.717) is 13.2 Å². The van der Waals surface area contributed by atoms with Gasteiger partial charge in [-0.05, 0) is 21.5 Å². The van der Waals surface area contributed by atoms with Crippen LogP contribution in [0.4, 0.5) is 0 Å². The van der Waals surface area contributed by atoms with Crippen LogP contribution in [0.1, 0.15) is 11.3 Å². The molecular weight excluding hydrogens is 282 g/mol. The normalized spacial score (nSPS) is 10.7. The van der Waals surface area contributed by atoms with E-state index in [2.05, 4.69) is 26.5 Å². The number of rotatable bonds is 5. The van der Waals surface area contributed by atoms with E-state index >= 15 is 0 Å². The Hall–Kier alpha value is -1.17. The number of aromatic nitrogens is 2. The Morgan fingerprint density at radius 1 is 1.35 bits per heavy atom. The standard InChI is InChI=1S/C12H14BrN3O/c1-16-12(11(13)7-14-16)8-15-17-9-10-5-3-2-4-6-10/h2-7,15H,8-9H2,1H3. The highest BCUT2D eigenvalue weighted by molar-refractivity contribution is 9.10. The highest BCUT2D eigenvalue weighted by Crippen LogP contribution is 2.14. The number of hydroxylamine groups is 1. The lowest BCUT2D eigenvalue weighted by Crippen LogP contribution is -2.16. The van der Waals surface area contributed by atoms with Gasteiger partial charge in [-0.15, -0.1) is 0 Å². The first kappa shape index (κ1) is 12.3. The molecule has 0 aliphatic rings. The molecule has 0 aliphatic heterocycles. The molecule has 0 radical (unpaired) electrons. The molecule has 1 aromatic heterocycles. The fourth-order valence-electron chi connectivity index (χ4n) is 1.46. The molecule has 0 spiro atoms. The van der Waals surface area contributed by atoms with Gasteiger partial charge < -0.3 is 0 Å². The fraction of sp³-hybridized carbons (Fsp3) is 0.250. The Morgan fingerprint density at radius 3 is 2.76 bits per heavy atom. The van der Waals surface area contributed by atoms with Crippen molar-refractivity contribution in [2.75, 3.05) is 0 Å². The number of halogens is 1. The van der Waals surface area contributed by atoms with Crippen LogP contribution < -0.4 is 5.48 Å². The molecule has 2 aromatic rings. The monoisotopic (exact) mass is 295 g/mol. The largest absolute Gasteiger partial charge is 0.297 e. The number of nitrogens with one attached hydrogen (secondary N) is 1. The maximum atomic E-state index is 5.39. The van der Waals surface area contributed by atoms with Crippen LogP contribution >= 0.6 is 15.9 Å². The minimum absolute atomic E-state index is 0.552. The van der Waals surface area contributed by atoms with E-state index in [-0.39, 0.29) is 0 Å². The van der Waals surface area contributed by atoms with Crippen LogP contribution in [0.15, 0.2) is 41.0 Å². The Balaban J connectivity index is 1.77. The van der Waals surface area contributed by atoms with Gasteiger partial charge in [0.2, 0.25) is 0 Å². The van der Waals surface area contributed by atoms with Crippen molar-refractivity contribution in [2.24, 2.45) is 7.05 Å². The van der Waals surface area contributed by atoms with Crippen molar-refractivity contribution in [3.63, 3.8) is 0 Å². The third-order valence-corrected chi connectivity index (χ3v) is 3.10. The van der Waals surface area contributed by atoms with Crippen molar-refractivity contribution >= 4 is 15.9 Å². The van der Waals surface area contributed by atoms with Crippen LogP contribution in [0.3, 0.4) is 0 Å². The van der Waals surface area contributed by atoms with Gasteiger partial charge in [0, 0.05) is 7.05 Å². The third kappa shape index (κ3) is 3.39. The molecule has 4 nitrogen and oxygen atoms in total. The van der Waals surface area contributed by atoms with Gasteiger partial charge in [-0.3, -0.25) is 9.52 Å². The minimum atomic E-state index is 0.552. The van der Waals surface area contributed by atoms with Gasteiger partial charge in [-0.1, -0.05) is 30.3 Å². The summed E-state index contributed by atoms with van der Waals surface area (Å²) in [6.45, 7) is 1.17. The van der Waals surface area contributed by atoms with Crippen molar-refractivity contribution in [3.05, 3.63) is 52.3 Å². The number of hydrogen-bond donors (Lipinski definition) is 1. The number of aryl methyl sites for hydroxylation is 1. The molecule has 1 aromatic carbocycles. The molecule has 0 bridgehead atoms. The van der Waals surface area contributed by atoms with E-state index in [1.54, 1.807) is 6.20 Å². The summed E-state index contributed by atoms with van der Waals surface area (Å²) in [5, 5.41) is 4.13. The van der Waals surface area contributed by atoms with Crippen LogP contribution in [0.25, 0.3) is 0 Å². The van der Waals surface area contributed by atoms with E-state index in [1.807, 2.05) is 42.1 Å². The lowest BCUT2D eigenvalue weighted by Gasteiger charge is -2.06. The summed E-state index contributed by atoms with van der Waals surface area (Å²) in [7, 11) is 1.90. The molecule has 0 atom stereocenters. The quantitative estimate of drug-likeness (QED) is 0.680. The van der Waals surface area contributed by atoms with Crippen LogP contribution in [-0.4, -0.2) is 9.78 Å². The highest BCUT2D eigenvalue weighted by atomic mass is 79.9. The van der Waals surface area contributed by atoms with Crippen LogP contribution in [0, 0.1) is 0 Å². The Labute approximate surface area is 109 Å². The molecule has 1 heterocycles. The first-order chi connectivity index (χ1) is 8.27. The third-order valence-electron chi connectivity index (χ3n) is 2.43. The molecule has 17 heavy (non-hydrogen) atoms. The lowest BCUT2D eigenvalue weighted by molar-refractivity contribution is 0.0222. The summed E-state index contributed by atoms with van der Waals surface area (Å²) in [6.07, 6.45) is 1.77. The second kappa shape index (κ2) is 5.95. The molecule has 0 saturated carbocycles. The molecule has 5 heteroatoms. The molecular formula is C12H14BrN3O. The van der Waals surface area contributed by atoms with Crippen molar-refractivity contribution < 1.29 is 4.84 Å². The molecule has 2 rings (SSSR count). The van der Waals surface area contributed by atoms with Crippen LogP contribution in [-0.2, 0) is 25.0 Å². The molecule has 0 amide bonds. The first-order valence-corrected chi connectivity index (χ1v) is 6.11. The zero-order valence-electron chi connectivity index (χ0n) is 9.56. The maximum Gasteiger partial charge on any atom is 0.0933 e. The Kier molecular flexibility index (Phi) is 4.30. The Bertz CT molecular complexity index is 450. The maximum absolute atomic E-state index is 5.39. The van der Waals surface area contributed by atoms with Gasteiger partial charge in [0.15, 0.2) is 0 Å². The summed E-state index contributed by atoms with van der Waals surface area (Å²) in [5.41, 5.74) is 5.12. The predicted molar refractivity (Wildman–Crippen MR) is 69.0 cm³/mol. The number of nitrogens with zero attached hydrogens (tertiary/aromatic N) is 2. The Morgan fingerprint density at radius 2 is 2.12 bits per heavy atom. The zero-order chi connectivity index (χ0) is 12.1. The summed E-state index contributed by atoms with van der Waals surface area (Å²) in [4.78, 5) is 5.39. The van der Waals surface area contributed by atoms with Gasteiger partial charge in [0.1, 0.15) is 0 Å². The topological polar surface area (TPSA) is 39.1 Å². The second-order valence-electron chi connectivity index (χ2n) is 3.66. The molecule has 0 saturated heterocycles. The summed E-state index contributed by atoms with van der Waals surface area (Å²) >= 11 is 3.44. The minimum Gasteiger partial charge on any atom is -0.297 e. The average Bonchev–Trinajstić information content (AvgIpc) is 2.67. The first-order valence-electron chi connectivity index (χ1n) is 5.32. The van der Waals surface area contributed by atoms with E-state index in [1.165, 1.54) is 0 Å². The number of hydrogen-bond acceptors (Lipinski definition) is 3. The summed E-state index contributed by atoms with van der Waals surface area (Å²) in [6, 6.07) is 10.0. The molecule has 90 valence electrons. The average molecular weight is 296 g/mol. The highest BCUT2D eigenvalue weighted by Gasteiger charge is 2.04. The van der Waals surface area contributed by atoms with E-state index in [9.17, 15) is 0 Å². The number of benzene rings is 1. The molecule has 1 N–H and O–H groups in total. The van der Waals surface area contributed by atoms with Gasteiger partial charge in [0.05, 0.1) is 29.5 Å². The SMILES string of the molecule is Cn1ncc(Br)c1CNOCc1ccccc1. The van der Waals surface area contributed by atoms with Gasteiger partial charge in [-0.25, -0.2) is 0 Å². The van der Waals surface area contributed by atoms with E-state index < -0.39 is 0 Å². The van der Waals surface area contributed by atoms with Gasteiger partial charge in [-0.2, -0.15) is 10.6 Å². The zero-order valence-corrected chi connectivity index (χ0v) is 11.1. The summed E-state index contributed by atoms with van der Waals surface area (Å²) < 4.78 is 2.79. The molecule has 0 aliphatic carbocycles. The van der Waals surface area contributed by atoms with Crippen molar-refractivity contribution in [3.8, 4) is 0 Å². The fourth-order valence-corrected chi connectivity index (χ4v) is 1.95. The van der Waals surface area contributed by atoms with Crippen molar-refractivity contribution in [1.29, 1.82) is 0 Å². The lowest BCUT2D eigenvalue weighted by atomic mass is 10.2. The summed E-state index contributed by atoms with van der Waals surface area (Å²) in [5.74, 6) is 0. The van der Waals surface area contributed by atoms with E-state index in [0.717, 1.165) is 15.7 Å². The predicted octanol–water partition coefficient (Wildman–Crippen LogP) is 2.40. The van der Waals surface area contributed by atoms with Gasteiger partial charge in [0.25, 0.3) is 0 Å². The van der Waals surface area contributed by atoms with Crippen LogP contribution in [0.2, 0.25) is 0 Å². The smallest absolute Gasteiger partial charge is 0.0933 e. The van der Waals surface area contributed by atoms with E-state index in [4.69, 9.17) is 4.84 Å². The second-order valence-corrected chi connectivity index (χ2v) is 4.51. The van der Waals surface area contributed by atoms with Crippen molar-refractivity contribution in [1.82, 2.24) is 15.3 Å². The van der Waals surface area contributed by atoms with Gasteiger partial charge >= 0.3 is 0 Å². The molecule has 0 unspecified atom stereocenters. The van der Waals surface area contributed by atoms with Crippen molar-refractivity contribution in [2.45, 2.75) is 13.2 Å². The van der Waals surface area contributed by atoms with Crippen LogP contribution in [0.5, 0.6) is 0 Å².